The zero-order valence-corrected chi connectivity index (χ0v) is 31.5. The quantitative estimate of drug-likeness (QED) is 0.171. The highest BCUT2D eigenvalue weighted by molar-refractivity contribution is 6.00. The van der Waals surface area contributed by atoms with Gasteiger partial charge in [-0.3, -0.25) is 28.8 Å². The van der Waals surface area contributed by atoms with Crippen molar-refractivity contribution in [3.05, 3.63) is 131 Å². The van der Waals surface area contributed by atoms with Gasteiger partial charge in [-0.05, 0) is 92.3 Å². The van der Waals surface area contributed by atoms with Gasteiger partial charge in [0.05, 0.1) is 5.92 Å². The Bertz CT molecular complexity index is 1980. The summed E-state index contributed by atoms with van der Waals surface area (Å²) in [4.78, 5) is 81.1. The van der Waals surface area contributed by atoms with Gasteiger partial charge in [0.2, 0.25) is 29.5 Å². The van der Waals surface area contributed by atoms with Crippen LogP contribution in [-0.4, -0.2) is 70.3 Å². The third-order valence-corrected chi connectivity index (χ3v) is 10.1. The van der Waals surface area contributed by atoms with Crippen LogP contribution in [0.5, 0.6) is 0 Å². The van der Waals surface area contributed by atoms with E-state index in [2.05, 4.69) is 27.8 Å². The Morgan fingerprint density at radius 3 is 1.50 bits per heavy atom. The molecule has 0 unspecified atom stereocenters. The van der Waals surface area contributed by atoms with Crippen molar-refractivity contribution in [2.24, 2.45) is 0 Å². The third-order valence-electron chi connectivity index (χ3n) is 10.1. The summed E-state index contributed by atoms with van der Waals surface area (Å²) in [7, 11) is 0. The topological polar surface area (TPSA) is 145 Å². The molecule has 2 fully saturated rings. The predicted octanol–water partition coefficient (Wildman–Crippen LogP) is 5.59. The summed E-state index contributed by atoms with van der Waals surface area (Å²) in [6.45, 7) is 3.71. The van der Waals surface area contributed by atoms with E-state index in [1.54, 1.807) is 82.6 Å². The van der Waals surface area contributed by atoms with Crippen LogP contribution in [0.25, 0.3) is 0 Å². The van der Waals surface area contributed by atoms with Crippen LogP contribution in [0.15, 0.2) is 109 Å². The Balaban J connectivity index is 1.03. The van der Waals surface area contributed by atoms with Crippen LogP contribution in [0, 0.1) is 11.8 Å². The molecule has 0 aromatic heterocycles. The second-order valence-corrected chi connectivity index (χ2v) is 14.2. The smallest absolute Gasteiger partial charge is 0.250 e. The molecule has 11 heteroatoms. The van der Waals surface area contributed by atoms with E-state index < -0.39 is 24.0 Å². The van der Waals surface area contributed by atoms with Gasteiger partial charge >= 0.3 is 0 Å². The first kappa shape index (κ1) is 39.2. The second kappa shape index (κ2) is 18.2. The van der Waals surface area contributed by atoms with Crippen LogP contribution in [0.4, 0.5) is 11.4 Å². The van der Waals surface area contributed by atoms with Gasteiger partial charge < -0.3 is 25.8 Å². The Hall–Kier alpha value is -6.54. The summed E-state index contributed by atoms with van der Waals surface area (Å²) < 4.78 is 0. The van der Waals surface area contributed by atoms with E-state index in [-0.39, 0.29) is 41.7 Å². The minimum atomic E-state index is -0.881. The number of nitrogens with zero attached hydrogens (tertiary/aromatic N) is 2. The fourth-order valence-electron chi connectivity index (χ4n) is 7.30. The lowest BCUT2D eigenvalue weighted by atomic mass is 9.92. The summed E-state index contributed by atoms with van der Waals surface area (Å²) in [6, 6.07) is 30.3. The van der Waals surface area contributed by atoms with Crippen molar-refractivity contribution in [3.63, 3.8) is 0 Å². The molecule has 2 aliphatic rings. The molecule has 2 saturated heterocycles. The van der Waals surface area contributed by atoms with Crippen molar-refractivity contribution >= 4 is 46.7 Å². The number of rotatable bonds is 11. The number of ketones is 1. The van der Waals surface area contributed by atoms with Gasteiger partial charge in [-0.1, -0.05) is 72.5 Å². The Labute approximate surface area is 326 Å². The van der Waals surface area contributed by atoms with E-state index in [1.807, 2.05) is 36.4 Å². The van der Waals surface area contributed by atoms with Gasteiger partial charge in [-0.15, -0.1) is 0 Å². The number of nitrogens with one attached hydrogen (secondary N) is 3. The average Bonchev–Trinajstić information content (AvgIpc) is 3.91. The number of hydrogen-bond donors (Lipinski definition) is 3. The van der Waals surface area contributed by atoms with Gasteiger partial charge in [0.15, 0.2) is 0 Å². The average molecular weight is 752 g/mol. The largest absolute Gasteiger partial charge is 0.341 e. The number of carbonyl (C=O) groups is 6. The molecule has 11 nitrogen and oxygen atoms in total. The minimum Gasteiger partial charge on any atom is -0.341 e. The highest BCUT2D eigenvalue weighted by Crippen LogP contribution is 2.29. The van der Waals surface area contributed by atoms with E-state index in [0.29, 0.717) is 55.7 Å². The Kier molecular flexibility index (Phi) is 12.7. The molecule has 6 rings (SSSR count). The van der Waals surface area contributed by atoms with Crippen LogP contribution >= 0.6 is 0 Å². The molecule has 4 atom stereocenters. The van der Waals surface area contributed by atoms with Gasteiger partial charge in [-0.2, -0.15) is 0 Å². The lowest BCUT2D eigenvalue weighted by Gasteiger charge is -2.28. The van der Waals surface area contributed by atoms with Gasteiger partial charge in [0.25, 0.3) is 0 Å². The van der Waals surface area contributed by atoms with Crippen molar-refractivity contribution in [1.29, 1.82) is 0 Å². The van der Waals surface area contributed by atoms with Crippen LogP contribution in [0.1, 0.15) is 80.2 Å². The molecule has 4 aromatic carbocycles. The second-order valence-electron chi connectivity index (χ2n) is 14.2. The highest BCUT2D eigenvalue weighted by Gasteiger charge is 2.39. The number of hydrogen-bond acceptors (Lipinski definition) is 6. The zero-order valence-electron chi connectivity index (χ0n) is 31.5. The van der Waals surface area contributed by atoms with E-state index in [0.717, 1.165) is 16.7 Å². The molecule has 56 heavy (non-hydrogen) atoms. The number of likely N-dealkylation sites (tertiary alicyclic amines) is 2. The molecule has 3 N–H and O–H groups in total. The number of Topliss-reactive ketones (excluding diaryl/α,β-unsaturated/α-hetero) is 1. The van der Waals surface area contributed by atoms with Crippen molar-refractivity contribution in [1.82, 2.24) is 15.1 Å². The fourth-order valence-corrected chi connectivity index (χ4v) is 7.30. The summed E-state index contributed by atoms with van der Waals surface area (Å²) in [6.07, 6.45) is 2.51. The number of amides is 5. The first-order chi connectivity index (χ1) is 27.1. The first-order valence-electron chi connectivity index (χ1n) is 18.9. The maximum absolute atomic E-state index is 13.7. The van der Waals surface area contributed by atoms with Crippen LogP contribution in [0.3, 0.4) is 0 Å². The van der Waals surface area contributed by atoms with Crippen molar-refractivity contribution in [2.75, 3.05) is 23.7 Å². The van der Waals surface area contributed by atoms with Gasteiger partial charge in [0, 0.05) is 48.9 Å². The molecule has 5 amide bonds. The lowest BCUT2D eigenvalue weighted by molar-refractivity contribution is -0.140. The lowest BCUT2D eigenvalue weighted by Crippen LogP contribution is -2.48. The summed E-state index contributed by atoms with van der Waals surface area (Å²) in [5, 5.41) is 8.60. The van der Waals surface area contributed by atoms with Gasteiger partial charge in [-0.25, -0.2) is 0 Å². The fraction of sp³-hybridized carbons (Fsp3) is 0.289. The van der Waals surface area contributed by atoms with E-state index >= 15 is 0 Å². The number of benzene rings is 4. The van der Waals surface area contributed by atoms with Crippen LogP contribution in [-0.2, 0) is 28.8 Å². The minimum absolute atomic E-state index is 0.0820. The molecule has 0 saturated carbocycles. The maximum atomic E-state index is 13.7. The molecular formula is C45H45N5O6. The monoisotopic (exact) mass is 751 g/mol. The SMILES string of the molecule is CC(=O)C[C@@H](C(=O)N1CCC[C@H]1C(=O)Nc1ccc(C#Cc2ccc(NC(=O)[C@@H]3CCCN3C(=O)[C@H](NC(C)=O)c3ccccc3)cc2)cc1)c1ccccc1. The summed E-state index contributed by atoms with van der Waals surface area (Å²) in [5.74, 6) is 4.08. The molecular weight excluding hydrogens is 707 g/mol. The highest BCUT2D eigenvalue weighted by atomic mass is 16.2. The van der Waals surface area contributed by atoms with E-state index in [9.17, 15) is 28.8 Å². The molecule has 0 aliphatic carbocycles. The molecule has 0 radical (unpaired) electrons. The van der Waals surface area contributed by atoms with Gasteiger partial charge in [0.1, 0.15) is 23.9 Å². The van der Waals surface area contributed by atoms with E-state index in [1.165, 1.54) is 13.8 Å². The molecule has 4 aromatic rings. The number of anilines is 2. The Morgan fingerprint density at radius 1 is 0.607 bits per heavy atom. The Morgan fingerprint density at radius 2 is 1.05 bits per heavy atom. The molecule has 2 aliphatic heterocycles. The molecule has 286 valence electrons. The van der Waals surface area contributed by atoms with Crippen molar-refractivity contribution < 1.29 is 28.8 Å². The first-order valence-corrected chi connectivity index (χ1v) is 18.9. The zero-order chi connectivity index (χ0) is 39.6. The molecule has 0 spiro atoms. The van der Waals surface area contributed by atoms with Crippen LogP contribution in [0.2, 0.25) is 0 Å². The van der Waals surface area contributed by atoms with E-state index in [4.69, 9.17) is 0 Å². The normalized spacial score (nSPS) is 17.2. The van der Waals surface area contributed by atoms with Crippen molar-refractivity contribution in [3.8, 4) is 11.8 Å². The third kappa shape index (κ3) is 9.76. The summed E-state index contributed by atoms with van der Waals surface area (Å²) >= 11 is 0. The van der Waals surface area contributed by atoms with Crippen molar-refractivity contribution in [2.45, 2.75) is 70.0 Å². The summed E-state index contributed by atoms with van der Waals surface area (Å²) in [5.41, 5.74) is 4.02. The molecule has 2 heterocycles. The molecule has 0 bridgehead atoms. The van der Waals surface area contributed by atoms with Crippen LogP contribution < -0.4 is 16.0 Å². The number of carbonyl (C=O) groups excluding carboxylic acids is 6. The predicted molar refractivity (Wildman–Crippen MR) is 213 cm³/mol. The maximum Gasteiger partial charge on any atom is 0.250 e. The standard InChI is InChI=1S/C45H45N5O6/c1-30(51)29-38(34-11-5-3-6-12-34)44(55)49-27-9-15-39(49)42(53)47-36-23-19-32(20-24-36)17-18-33-21-25-37(26-22-33)48-43(54)40-16-10-28-50(40)45(56)41(46-31(2)52)35-13-7-4-8-14-35/h3-8,11-14,19-26,38-41H,9-10,15-16,27-29H2,1-2H3,(H,46,52)(H,47,53)(H,48,54)/t38-,39+,40+,41-/m1/s1.